The van der Waals surface area contributed by atoms with Crippen LogP contribution in [0.25, 0.3) is 0 Å². The van der Waals surface area contributed by atoms with E-state index in [1.807, 2.05) is 18.5 Å². The number of aromatic nitrogens is 2. The van der Waals surface area contributed by atoms with Crippen LogP contribution in [0.2, 0.25) is 0 Å². The molecule has 0 bridgehead atoms. The standard InChI is InChI=1S/C14H20BrN3O/c1-3-6-16-12(11-5-10-19-13(11)15)14-17-7-9-18(14)8-4-2/h5,7,9-10,12,16H,3-4,6,8H2,1-2H3. The van der Waals surface area contributed by atoms with Crippen molar-refractivity contribution in [3.8, 4) is 0 Å². The van der Waals surface area contributed by atoms with Gasteiger partial charge in [-0.05, 0) is 41.4 Å². The molecule has 0 aliphatic carbocycles. The van der Waals surface area contributed by atoms with Crippen LogP contribution in [0.4, 0.5) is 0 Å². The summed E-state index contributed by atoms with van der Waals surface area (Å²) >= 11 is 3.46. The maximum Gasteiger partial charge on any atom is 0.174 e. The first kappa shape index (κ1) is 14.3. The van der Waals surface area contributed by atoms with E-state index in [2.05, 4.69) is 44.6 Å². The number of halogens is 1. The van der Waals surface area contributed by atoms with Crippen molar-refractivity contribution in [2.75, 3.05) is 6.54 Å². The van der Waals surface area contributed by atoms with Gasteiger partial charge in [-0.2, -0.15) is 0 Å². The quantitative estimate of drug-likeness (QED) is 0.843. The van der Waals surface area contributed by atoms with Crippen molar-refractivity contribution in [1.29, 1.82) is 0 Å². The Morgan fingerprint density at radius 2 is 2.26 bits per heavy atom. The van der Waals surface area contributed by atoms with E-state index in [0.717, 1.165) is 42.0 Å². The highest BCUT2D eigenvalue weighted by Gasteiger charge is 2.22. The number of hydrogen-bond acceptors (Lipinski definition) is 3. The lowest BCUT2D eigenvalue weighted by molar-refractivity contribution is 0.503. The molecule has 0 aliphatic rings. The zero-order chi connectivity index (χ0) is 13.7. The Kier molecular flexibility index (Phi) is 5.22. The Bertz CT molecular complexity index is 506. The van der Waals surface area contributed by atoms with Crippen molar-refractivity contribution in [3.05, 3.63) is 40.8 Å². The number of imidazole rings is 1. The van der Waals surface area contributed by atoms with Crippen LogP contribution in [0.3, 0.4) is 0 Å². The number of hydrogen-bond donors (Lipinski definition) is 1. The van der Waals surface area contributed by atoms with Gasteiger partial charge in [0.25, 0.3) is 0 Å². The minimum atomic E-state index is 0.0645. The van der Waals surface area contributed by atoms with Gasteiger partial charge in [-0.25, -0.2) is 4.98 Å². The molecule has 2 aromatic heterocycles. The van der Waals surface area contributed by atoms with Crippen LogP contribution in [-0.4, -0.2) is 16.1 Å². The lowest BCUT2D eigenvalue weighted by Gasteiger charge is -2.18. The summed E-state index contributed by atoms with van der Waals surface area (Å²) in [6.45, 7) is 6.26. The van der Waals surface area contributed by atoms with Crippen LogP contribution in [0, 0.1) is 0 Å². The second-order valence-corrected chi connectivity index (χ2v) is 5.24. The normalized spacial score (nSPS) is 12.8. The van der Waals surface area contributed by atoms with E-state index in [-0.39, 0.29) is 6.04 Å². The largest absolute Gasteiger partial charge is 0.457 e. The third-order valence-corrected chi connectivity index (χ3v) is 3.67. The smallest absolute Gasteiger partial charge is 0.174 e. The molecule has 0 aliphatic heterocycles. The van der Waals surface area contributed by atoms with Gasteiger partial charge in [-0.3, -0.25) is 0 Å². The molecule has 4 nitrogen and oxygen atoms in total. The van der Waals surface area contributed by atoms with Crippen molar-refractivity contribution in [3.63, 3.8) is 0 Å². The fourth-order valence-corrected chi connectivity index (χ4v) is 2.62. The Labute approximate surface area is 122 Å². The van der Waals surface area contributed by atoms with E-state index in [1.165, 1.54) is 0 Å². The van der Waals surface area contributed by atoms with Gasteiger partial charge in [0.1, 0.15) is 5.82 Å². The topological polar surface area (TPSA) is 43.0 Å². The highest BCUT2D eigenvalue weighted by atomic mass is 79.9. The van der Waals surface area contributed by atoms with Crippen molar-refractivity contribution in [2.24, 2.45) is 0 Å². The van der Waals surface area contributed by atoms with Crippen LogP contribution in [0.1, 0.15) is 44.1 Å². The maximum atomic E-state index is 5.36. The van der Waals surface area contributed by atoms with Gasteiger partial charge in [0, 0.05) is 24.5 Å². The number of nitrogens with zero attached hydrogens (tertiary/aromatic N) is 2. The Balaban J connectivity index is 2.31. The summed E-state index contributed by atoms with van der Waals surface area (Å²) in [6, 6.07) is 2.05. The summed E-state index contributed by atoms with van der Waals surface area (Å²) in [6.07, 6.45) is 7.77. The van der Waals surface area contributed by atoms with E-state index < -0.39 is 0 Å². The molecule has 0 aromatic carbocycles. The van der Waals surface area contributed by atoms with E-state index in [9.17, 15) is 0 Å². The molecule has 1 atom stereocenters. The van der Waals surface area contributed by atoms with E-state index in [4.69, 9.17) is 4.42 Å². The number of rotatable bonds is 7. The molecule has 0 spiro atoms. The predicted octanol–water partition coefficient (Wildman–Crippen LogP) is 3.74. The van der Waals surface area contributed by atoms with Gasteiger partial charge in [0.15, 0.2) is 4.67 Å². The summed E-state index contributed by atoms with van der Waals surface area (Å²) in [5.74, 6) is 1.04. The van der Waals surface area contributed by atoms with Gasteiger partial charge >= 0.3 is 0 Å². The van der Waals surface area contributed by atoms with Crippen LogP contribution in [-0.2, 0) is 6.54 Å². The number of furan rings is 1. The molecule has 1 N–H and O–H groups in total. The molecule has 0 fully saturated rings. The SMILES string of the molecule is CCCNC(c1ccoc1Br)c1nccn1CCC. The Morgan fingerprint density at radius 3 is 2.89 bits per heavy atom. The monoisotopic (exact) mass is 325 g/mol. The van der Waals surface area contributed by atoms with Gasteiger partial charge in [-0.15, -0.1) is 0 Å². The average molecular weight is 326 g/mol. The Morgan fingerprint density at radius 1 is 1.42 bits per heavy atom. The molecule has 2 rings (SSSR count). The summed E-state index contributed by atoms with van der Waals surface area (Å²) in [5.41, 5.74) is 1.09. The average Bonchev–Trinajstić information content (AvgIpc) is 3.01. The number of nitrogens with one attached hydrogen (secondary N) is 1. The molecule has 1 unspecified atom stereocenters. The summed E-state index contributed by atoms with van der Waals surface area (Å²) in [4.78, 5) is 4.52. The van der Waals surface area contributed by atoms with Crippen LogP contribution in [0.5, 0.6) is 0 Å². The van der Waals surface area contributed by atoms with Crippen LogP contribution >= 0.6 is 15.9 Å². The number of aryl methyl sites for hydroxylation is 1. The van der Waals surface area contributed by atoms with Crippen molar-refractivity contribution in [1.82, 2.24) is 14.9 Å². The van der Waals surface area contributed by atoms with E-state index >= 15 is 0 Å². The summed E-state index contributed by atoms with van der Waals surface area (Å²) in [5, 5.41) is 3.54. The van der Waals surface area contributed by atoms with Gasteiger partial charge in [0.05, 0.1) is 12.3 Å². The minimum absolute atomic E-state index is 0.0645. The third-order valence-electron chi connectivity index (χ3n) is 3.03. The highest BCUT2D eigenvalue weighted by Crippen LogP contribution is 2.29. The molecule has 2 aromatic rings. The van der Waals surface area contributed by atoms with Crippen LogP contribution in [0.15, 0.2) is 33.8 Å². The molecule has 2 heterocycles. The molecular weight excluding hydrogens is 306 g/mol. The van der Waals surface area contributed by atoms with E-state index in [1.54, 1.807) is 6.26 Å². The molecular formula is C14H20BrN3O. The van der Waals surface area contributed by atoms with Gasteiger partial charge < -0.3 is 14.3 Å². The second-order valence-electron chi connectivity index (χ2n) is 4.52. The second kappa shape index (κ2) is 6.91. The molecule has 0 saturated carbocycles. The van der Waals surface area contributed by atoms with Crippen LogP contribution < -0.4 is 5.32 Å². The predicted molar refractivity (Wildman–Crippen MR) is 79.1 cm³/mol. The summed E-state index contributed by atoms with van der Waals surface area (Å²) in [7, 11) is 0. The third kappa shape index (κ3) is 3.28. The maximum absolute atomic E-state index is 5.36. The minimum Gasteiger partial charge on any atom is -0.457 e. The van der Waals surface area contributed by atoms with Crippen molar-refractivity contribution in [2.45, 2.75) is 39.3 Å². The molecule has 104 valence electrons. The van der Waals surface area contributed by atoms with Crippen molar-refractivity contribution < 1.29 is 4.42 Å². The first-order chi connectivity index (χ1) is 9.27. The molecule has 5 heteroatoms. The van der Waals surface area contributed by atoms with Gasteiger partial charge in [-0.1, -0.05) is 13.8 Å². The summed E-state index contributed by atoms with van der Waals surface area (Å²) < 4.78 is 8.33. The molecule has 19 heavy (non-hydrogen) atoms. The lowest BCUT2D eigenvalue weighted by Crippen LogP contribution is -2.26. The fourth-order valence-electron chi connectivity index (χ4n) is 2.15. The molecule has 0 radical (unpaired) electrons. The Hall–Kier alpha value is -1.07. The van der Waals surface area contributed by atoms with E-state index in [0.29, 0.717) is 0 Å². The highest BCUT2D eigenvalue weighted by molar-refractivity contribution is 9.10. The first-order valence-electron chi connectivity index (χ1n) is 6.75. The van der Waals surface area contributed by atoms with Crippen molar-refractivity contribution >= 4 is 15.9 Å². The fraction of sp³-hybridized carbons (Fsp3) is 0.500. The lowest BCUT2D eigenvalue weighted by atomic mass is 10.1. The van der Waals surface area contributed by atoms with Gasteiger partial charge in [0.2, 0.25) is 0 Å². The zero-order valence-electron chi connectivity index (χ0n) is 11.4. The molecule has 0 amide bonds. The zero-order valence-corrected chi connectivity index (χ0v) is 13.0. The first-order valence-corrected chi connectivity index (χ1v) is 7.54. The molecule has 0 saturated heterocycles.